The molecule has 2 fully saturated rings. The lowest BCUT2D eigenvalue weighted by molar-refractivity contribution is -0.133. The smallest absolute Gasteiger partial charge is 0.149 e. The summed E-state index contributed by atoms with van der Waals surface area (Å²) in [7, 11) is 0. The van der Waals surface area contributed by atoms with Gasteiger partial charge >= 0.3 is 0 Å². The van der Waals surface area contributed by atoms with Gasteiger partial charge in [0.1, 0.15) is 17.5 Å². The van der Waals surface area contributed by atoms with E-state index in [2.05, 4.69) is 4.99 Å². The third-order valence-electron chi connectivity index (χ3n) is 4.45. The fraction of sp³-hybridized carbons (Fsp3) is 0.500. The molecule has 1 aromatic carbocycles. The summed E-state index contributed by atoms with van der Waals surface area (Å²) in [5.74, 6) is -0.659. The van der Waals surface area contributed by atoms with Crippen molar-refractivity contribution in [2.45, 2.75) is 37.7 Å². The zero-order valence-electron chi connectivity index (χ0n) is 12.6. The Morgan fingerprint density at radius 2 is 1.86 bits per heavy atom. The minimum absolute atomic E-state index is 0.0128. The first kappa shape index (κ1) is 15.1. The Labute approximate surface area is 130 Å². The Bertz CT molecular complexity index is 543. The van der Waals surface area contributed by atoms with Gasteiger partial charge in [0.15, 0.2) is 0 Å². The predicted octanol–water partition coefficient (Wildman–Crippen LogP) is 2.57. The molecule has 2 aliphatic rings. The maximum Gasteiger partial charge on any atom is 0.149 e. The van der Waals surface area contributed by atoms with Gasteiger partial charge in [-0.05, 0) is 24.3 Å². The molecule has 0 aromatic heterocycles. The molecule has 0 radical (unpaired) electrons. The summed E-state index contributed by atoms with van der Waals surface area (Å²) in [5, 5.41) is 0. The molecular weight excluding hydrogens is 278 g/mol. The van der Waals surface area contributed by atoms with Crippen LogP contribution in [0.5, 0.6) is 0 Å². The van der Waals surface area contributed by atoms with Crippen LogP contribution >= 0.6 is 0 Å². The van der Waals surface area contributed by atoms with Crippen molar-refractivity contribution in [3.8, 4) is 0 Å². The molecular formula is C18H21NO3. The van der Waals surface area contributed by atoms with Crippen molar-refractivity contribution in [2.75, 3.05) is 13.2 Å². The van der Waals surface area contributed by atoms with E-state index < -0.39 is 5.92 Å². The van der Waals surface area contributed by atoms with Crippen LogP contribution in [0.4, 0.5) is 0 Å². The summed E-state index contributed by atoms with van der Waals surface area (Å²) in [4.78, 5) is 28.8. The molecule has 116 valence electrons. The minimum atomic E-state index is -0.652. The summed E-state index contributed by atoms with van der Waals surface area (Å²) in [6.45, 7) is 1.35. The Balaban J connectivity index is 1.60. The van der Waals surface area contributed by atoms with Crippen molar-refractivity contribution < 1.29 is 14.3 Å². The quantitative estimate of drug-likeness (QED) is 0.634. The largest absolute Gasteiger partial charge is 0.376 e. The van der Waals surface area contributed by atoms with Crippen molar-refractivity contribution in [1.29, 1.82) is 0 Å². The molecule has 0 bridgehead atoms. The lowest BCUT2D eigenvalue weighted by atomic mass is 9.77. The number of carbonyl (C=O) groups is 2. The third kappa shape index (κ3) is 3.50. The number of benzene rings is 1. The van der Waals surface area contributed by atoms with Gasteiger partial charge in [0.05, 0.1) is 12.6 Å². The van der Waals surface area contributed by atoms with Gasteiger partial charge in [0.25, 0.3) is 0 Å². The van der Waals surface area contributed by atoms with E-state index in [-0.39, 0.29) is 23.6 Å². The highest BCUT2D eigenvalue weighted by atomic mass is 16.5. The second-order valence-corrected chi connectivity index (χ2v) is 6.08. The Kier molecular flexibility index (Phi) is 4.78. The molecule has 22 heavy (non-hydrogen) atoms. The van der Waals surface area contributed by atoms with E-state index in [1.54, 1.807) is 6.21 Å². The fourth-order valence-corrected chi connectivity index (χ4v) is 3.19. The lowest BCUT2D eigenvalue weighted by Crippen LogP contribution is -2.33. The van der Waals surface area contributed by atoms with Crippen molar-refractivity contribution in [3.63, 3.8) is 0 Å². The number of aliphatic imine (C=N–C) groups is 1. The first-order valence-electron chi connectivity index (χ1n) is 7.96. The van der Waals surface area contributed by atoms with Gasteiger partial charge in [-0.25, -0.2) is 0 Å². The zero-order chi connectivity index (χ0) is 15.4. The first-order chi connectivity index (χ1) is 10.7. The molecule has 0 N–H and O–H groups in total. The number of carbonyl (C=O) groups excluding carboxylic acids is 2. The molecule has 0 unspecified atom stereocenters. The Morgan fingerprint density at radius 1 is 1.14 bits per heavy atom. The molecule has 0 spiro atoms. The summed E-state index contributed by atoms with van der Waals surface area (Å²) in [6, 6.07) is 9.80. The lowest BCUT2D eigenvalue weighted by Gasteiger charge is -2.24. The van der Waals surface area contributed by atoms with Crippen LogP contribution in [0.25, 0.3) is 0 Å². The van der Waals surface area contributed by atoms with E-state index in [1.807, 2.05) is 30.3 Å². The molecule has 1 saturated carbocycles. The van der Waals surface area contributed by atoms with Crippen LogP contribution in [0, 0.1) is 5.92 Å². The molecule has 1 aromatic rings. The van der Waals surface area contributed by atoms with Gasteiger partial charge in [0.2, 0.25) is 0 Å². The van der Waals surface area contributed by atoms with Crippen molar-refractivity contribution in [3.05, 3.63) is 35.9 Å². The molecule has 4 heteroatoms. The van der Waals surface area contributed by atoms with Crippen molar-refractivity contribution in [2.24, 2.45) is 10.9 Å². The molecule has 1 aliphatic carbocycles. The minimum Gasteiger partial charge on any atom is -0.376 e. The average molecular weight is 299 g/mol. The number of Topliss-reactive ketones (excluding diaryl/α,β-unsaturated/α-hetero) is 2. The highest BCUT2D eigenvalue weighted by molar-refractivity contribution is 6.16. The Hall–Kier alpha value is -1.81. The highest BCUT2D eigenvalue weighted by Crippen LogP contribution is 2.31. The Morgan fingerprint density at radius 3 is 2.50 bits per heavy atom. The zero-order valence-corrected chi connectivity index (χ0v) is 12.6. The first-order valence-corrected chi connectivity index (χ1v) is 7.96. The molecule has 4 nitrogen and oxygen atoms in total. The summed E-state index contributed by atoms with van der Waals surface area (Å²) in [5.41, 5.74) is 1.07. The second-order valence-electron chi connectivity index (χ2n) is 6.08. The maximum absolute atomic E-state index is 12.3. The highest BCUT2D eigenvalue weighted by Gasteiger charge is 2.34. The number of ketones is 2. The van der Waals surface area contributed by atoms with Crippen molar-refractivity contribution in [1.82, 2.24) is 0 Å². The van der Waals surface area contributed by atoms with Gasteiger partial charge in [-0.2, -0.15) is 0 Å². The second kappa shape index (κ2) is 6.97. The van der Waals surface area contributed by atoms with Crippen LogP contribution in [0.1, 0.15) is 37.2 Å². The number of rotatable bonds is 4. The van der Waals surface area contributed by atoms with Gasteiger partial charge in [-0.1, -0.05) is 30.3 Å². The van der Waals surface area contributed by atoms with Gasteiger partial charge in [-0.15, -0.1) is 0 Å². The van der Waals surface area contributed by atoms with Crippen LogP contribution in [-0.2, 0) is 14.3 Å². The SMILES string of the molecule is O=C1CC(c2ccccc2)CC(=O)C1C=NC[C@H]1CCCO1. The van der Waals surface area contributed by atoms with Crippen LogP contribution < -0.4 is 0 Å². The maximum atomic E-state index is 12.3. The summed E-state index contributed by atoms with van der Waals surface area (Å²) in [6.07, 6.45) is 4.63. The van der Waals surface area contributed by atoms with Gasteiger partial charge < -0.3 is 4.74 Å². The topological polar surface area (TPSA) is 55.7 Å². The molecule has 1 heterocycles. The van der Waals surface area contributed by atoms with Crippen molar-refractivity contribution >= 4 is 17.8 Å². The van der Waals surface area contributed by atoms with E-state index >= 15 is 0 Å². The van der Waals surface area contributed by atoms with Crippen LogP contribution in [0.2, 0.25) is 0 Å². The van der Waals surface area contributed by atoms with E-state index in [0.717, 1.165) is 25.0 Å². The molecule has 3 rings (SSSR count). The van der Waals surface area contributed by atoms with Gasteiger partial charge in [0, 0.05) is 25.7 Å². The molecule has 0 amide bonds. The molecule has 1 aliphatic heterocycles. The van der Waals surface area contributed by atoms with Crippen LogP contribution in [0.15, 0.2) is 35.3 Å². The standard InChI is InChI=1S/C18H21NO3/c20-17-9-14(13-5-2-1-3-6-13)10-18(21)16(17)12-19-11-15-7-4-8-22-15/h1-3,5-6,12,14-16H,4,7-11H2/t14?,15-,16?/m1/s1. The number of hydrogen-bond acceptors (Lipinski definition) is 4. The van der Waals surface area contributed by atoms with E-state index in [0.29, 0.717) is 19.4 Å². The summed E-state index contributed by atoms with van der Waals surface area (Å²) >= 11 is 0. The third-order valence-corrected chi connectivity index (χ3v) is 4.45. The van der Waals surface area contributed by atoms with E-state index in [9.17, 15) is 9.59 Å². The predicted molar refractivity (Wildman–Crippen MR) is 84.3 cm³/mol. The normalized spacial score (nSPS) is 29.4. The van der Waals surface area contributed by atoms with E-state index in [1.165, 1.54) is 0 Å². The summed E-state index contributed by atoms with van der Waals surface area (Å²) < 4.78 is 5.49. The molecule has 1 saturated heterocycles. The average Bonchev–Trinajstić information content (AvgIpc) is 3.04. The molecule has 1 atom stereocenters. The van der Waals surface area contributed by atoms with Crippen LogP contribution in [-0.4, -0.2) is 37.0 Å². The fourth-order valence-electron chi connectivity index (χ4n) is 3.19. The monoisotopic (exact) mass is 299 g/mol. The number of ether oxygens (including phenoxy) is 1. The number of nitrogens with zero attached hydrogens (tertiary/aromatic N) is 1. The van der Waals surface area contributed by atoms with Gasteiger partial charge in [-0.3, -0.25) is 14.6 Å². The number of hydrogen-bond donors (Lipinski definition) is 0. The van der Waals surface area contributed by atoms with Crippen LogP contribution in [0.3, 0.4) is 0 Å². The van der Waals surface area contributed by atoms with E-state index in [4.69, 9.17) is 4.74 Å².